The summed E-state index contributed by atoms with van der Waals surface area (Å²) in [5.41, 5.74) is 2.72. The van der Waals surface area contributed by atoms with Crippen LogP contribution in [0.1, 0.15) is 12.6 Å². The average molecular weight is 213 g/mol. The van der Waals surface area contributed by atoms with Crippen molar-refractivity contribution in [3.05, 3.63) is 16.6 Å². The number of amides is 2. The number of carbonyl (C=O) groups excluding carboxylic acids is 1. The van der Waals surface area contributed by atoms with Crippen LogP contribution in [0.15, 0.2) is 10.9 Å². The molecule has 0 fully saturated rings. The van der Waals surface area contributed by atoms with Crippen LogP contribution in [0.25, 0.3) is 0 Å². The second-order valence-corrected chi connectivity index (χ2v) is 3.85. The first kappa shape index (κ1) is 11.0. The fourth-order valence-corrected chi connectivity index (χ4v) is 1.60. The number of aromatic nitrogens is 1. The van der Waals surface area contributed by atoms with Crippen molar-refractivity contribution in [2.24, 2.45) is 0 Å². The smallest absolute Gasteiger partial charge is 0.319 e. The molecule has 1 aromatic rings. The van der Waals surface area contributed by atoms with Crippen LogP contribution < -0.4 is 0 Å². The maximum absolute atomic E-state index is 11.6. The number of nitrogens with zero attached hydrogens (tertiary/aromatic N) is 3. The van der Waals surface area contributed by atoms with Crippen LogP contribution in [0.5, 0.6) is 0 Å². The molecule has 14 heavy (non-hydrogen) atoms. The summed E-state index contributed by atoms with van der Waals surface area (Å²) in [6, 6.07) is 0.0282. The zero-order valence-electron chi connectivity index (χ0n) is 8.73. The van der Waals surface area contributed by atoms with Gasteiger partial charge in [-0.2, -0.15) is 0 Å². The summed E-state index contributed by atoms with van der Waals surface area (Å²) in [4.78, 5) is 19.1. The lowest BCUT2D eigenvalue weighted by atomic mass is 10.4. The largest absolute Gasteiger partial charge is 0.328 e. The van der Waals surface area contributed by atoms with Crippen LogP contribution in [-0.2, 0) is 6.54 Å². The molecule has 78 valence electrons. The molecule has 0 N–H and O–H groups in total. The molecule has 0 saturated carbocycles. The minimum absolute atomic E-state index is 0.0282. The third-order valence-electron chi connectivity index (χ3n) is 2.01. The topological polar surface area (TPSA) is 36.4 Å². The molecular weight excluding hydrogens is 198 g/mol. The van der Waals surface area contributed by atoms with Gasteiger partial charge in [-0.15, -0.1) is 11.3 Å². The molecule has 0 bridgehead atoms. The Hall–Kier alpha value is -1.10. The number of urea groups is 1. The summed E-state index contributed by atoms with van der Waals surface area (Å²) in [5.74, 6) is 0. The molecule has 0 unspecified atom stereocenters. The molecule has 0 aromatic carbocycles. The van der Waals surface area contributed by atoms with Gasteiger partial charge in [0.25, 0.3) is 0 Å². The Bertz CT molecular complexity index is 286. The van der Waals surface area contributed by atoms with Gasteiger partial charge in [-0.05, 0) is 6.92 Å². The zero-order valence-corrected chi connectivity index (χ0v) is 9.54. The SMILES string of the molecule is CCN(C)C(=O)N(C)Cc1cscn1. The second kappa shape index (κ2) is 4.95. The van der Waals surface area contributed by atoms with Gasteiger partial charge in [0.15, 0.2) is 0 Å². The van der Waals surface area contributed by atoms with Gasteiger partial charge in [-0.3, -0.25) is 0 Å². The predicted octanol–water partition coefficient (Wildman–Crippen LogP) is 1.65. The van der Waals surface area contributed by atoms with Crippen molar-refractivity contribution in [1.29, 1.82) is 0 Å². The van der Waals surface area contributed by atoms with Crippen molar-refractivity contribution in [3.63, 3.8) is 0 Å². The highest BCUT2D eigenvalue weighted by Crippen LogP contribution is 2.05. The molecule has 4 nitrogen and oxygen atoms in total. The van der Waals surface area contributed by atoms with Gasteiger partial charge in [0.05, 0.1) is 17.7 Å². The second-order valence-electron chi connectivity index (χ2n) is 3.13. The van der Waals surface area contributed by atoms with E-state index in [1.807, 2.05) is 12.3 Å². The Morgan fingerprint density at radius 2 is 2.21 bits per heavy atom. The normalized spacial score (nSPS) is 9.93. The molecule has 1 rings (SSSR count). The first-order valence-electron chi connectivity index (χ1n) is 4.48. The summed E-state index contributed by atoms with van der Waals surface area (Å²) in [6.07, 6.45) is 0. The zero-order chi connectivity index (χ0) is 10.6. The Balaban J connectivity index is 2.50. The minimum Gasteiger partial charge on any atom is -0.328 e. The van der Waals surface area contributed by atoms with Crippen LogP contribution in [0, 0.1) is 0 Å². The average Bonchev–Trinajstić information content (AvgIpc) is 2.68. The number of hydrogen-bond acceptors (Lipinski definition) is 3. The van der Waals surface area contributed by atoms with Gasteiger partial charge < -0.3 is 9.80 Å². The third kappa shape index (κ3) is 2.70. The van der Waals surface area contributed by atoms with Crippen molar-refractivity contribution in [2.75, 3.05) is 20.6 Å². The molecule has 2 amide bonds. The number of rotatable bonds is 3. The van der Waals surface area contributed by atoms with E-state index in [0.29, 0.717) is 6.54 Å². The van der Waals surface area contributed by atoms with E-state index in [-0.39, 0.29) is 6.03 Å². The maximum atomic E-state index is 11.6. The molecule has 0 aliphatic heterocycles. The van der Waals surface area contributed by atoms with E-state index in [2.05, 4.69) is 4.98 Å². The van der Waals surface area contributed by atoms with Crippen LogP contribution in [0.3, 0.4) is 0 Å². The Kier molecular flexibility index (Phi) is 3.88. The number of carbonyl (C=O) groups is 1. The van der Waals surface area contributed by atoms with Crippen molar-refractivity contribution in [2.45, 2.75) is 13.5 Å². The third-order valence-corrected chi connectivity index (χ3v) is 2.65. The summed E-state index contributed by atoms with van der Waals surface area (Å²) >= 11 is 1.54. The molecule has 0 radical (unpaired) electrons. The van der Waals surface area contributed by atoms with Gasteiger partial charge in [-0.1, -0.05) is 0 Å². The monoisotopic (exact) mass is 213 g/mol. The first-order valence-corrected chi connectivity index (χ1v) is 5.42. The fraction of sp³-hybridized carbons (Fsp3) is 0.556. The molecular formula is C9H15N3OS. The molecule has 0 atom stereocenters. The van der Waals surface area contributed by atoms with Crippen LogP contribution >= 0.6 is 11.3 Å². The quantitative estimate of drug-likeness (QED) is 0.765. The van der Waals surface area contributed by atoms with Crippen molar-refractivity contribution in [3.8, 4) is 0 Å². The molecule has 5 heteroatoms. The lowest BCUT2D eigenvalue weighted by molar-refractivity contribution is 0.173. The summed E-state index contributed by atoms with van der Waals surface area (Å²) in [6.45, 7) is 3.25. The van der Waals surface area contributed by atoms with Crippen molar-refractivity contribution in [1.82, 2.24) is 14.8 Å². The first-order chi connectivity index (χ1) is 6.65. The van der Waals surface area contributed by atoms with E-state index in [1.165, 1.54) is 0 Å². The Labute approximate surface area is 88.2 Å². The Morgan fingerprint density at radius 1 is 1.50 bits per heavy atom. The van der Waals surface area contributed by atoms with Crippen molar-refractivity contribution < 1.29 is 4.79 Å². The summed E-state index contributed by atoms with van der Waals surface area (Å²) in [5, 5.41) is 1.95. The highest BCUT2D eigenvalue weighted by Gasteiger charge is 2.12. The van der Waals surface area contributed by atoms with Gasteiger partial charge >= 0.3 is 6.03 Å². The van der Waals surface area contributed by atoms with E-state index < -0.39 is 0 Å². The lowest BCUT2D eigenvalue weighted by Gasteiger charge is -2.22. The Morgan fingerprint density at radius 3 is 2.71 bits per heavy atom. The van der Waals surface area contributed by atoms with E-state index in [4.69, 9.17) is 0 Å². The molecule has 0 aliphatic carbocycles. The highest BCUT2D eigenvalue weighted by molar-refractivity contribution is 7.07. The molecule has 1 aromatic heterocycles. The highest BCUT2D eigenvalue weighted by atomic mass is 32.1. The summed E-state index contributed by atoms with van der Waals surface area (Å²) < 4.78 is 0. The van der Waals surface area contributed by atoms with Crippen LogP contribution in [0.4, 0.5) is 4.79 Å². The van der Waals surface area contributed by atoms with E-state index >= 15 is 0 Å². The van der Waals surface area contributed by atoms with Crippen molar-refractivity contribution >= 4 is 17.4 Å². The van der Waals surface area contributed by atoms with E-state index in [0.717, 1.165) is 12.2 Å². The van der Waals surface area contributed by atoms with E-state index in [9.17, 15) is 4.79 Å². The molecule has 0 saturated heterocycles. The van der Waals surface area contributed by atoms with Gasteiger partial charge in [0, 0.05) is 26.0 Å². The van der Waals surface area contributed by atoms with Crippen LogP contribution in [-0.4, -0.2) is 41.5 Å². The minimum atomic E-state index is 0.0282. The molecule has 0 spiro atoms. The fourth-order valence-electron chi connectivity index (χ4n) is 1.05. The summed E-state index contributed by atoms with van der Waals surface area (Å²) in [7, 11) is 3.58. The molecule has 1 heterocycles. The lowest BCUT2D eigenvalue weighted by Crippen LogP contribution is -2.38. The van der Waals surface area contributed by atoms with Gasteiger partial charge in [0.1, 0.15) is 0 Å². The maximum Gasteiger partial charge on any atom is 0.319 e. The predicted molar refractivity (Wildman–Crippen MR) is 57.3 cm³/mol. The van der Waals surface area contributed by atoms with E-state index in [1.54, 1.807) is 40.7 Å². The van der Waals surface area contributed by atoms with Gasteiger partial charge in [-0.25, -0.2) is 9.78 Å². The number of thiazole rings is 1. The van der Waals surface area contributed by atoms with Gasteiger partial charge in [0.2, 0.25) is 0 Å². The molecule has 0 aliphatic rings. The van der Waals surface area contributed by atoms with Crippen LogP contribution in [0.2, 0.25) is 0 Å². The number of hydrogen-bond donors (Lipinski definition) is 0. The standard InChI is InChI=1S/C9H15N3OS/c1-4-11(2)9(13)12(3)5-8-6-14-7-10-8/h6-7H,4-5H2,1-3H3.